The molecule has 1 saturated heterocycles. The van der Waals surface area contributed by atoms with Crippen molar-refractivity contribution in [2.45, 2.75) is 44.3 Å². The van der Waals surface area contributed by atoms with Crippen molar-refractivity contribution in [3.05, 3.63) is 29.8 Å². The Bertz CT molecular complexity index is 392. The van der Waals surface area contributed by atoms with Gasteiger partial charge >= 0.3 is 0 Å². The van der Waals surface area contributed by atoms with E-state index in [1.165, 1.54) is 37.2 Å². The van der Waals surface area contributed by atoms with Gasteiger partial charge in [-0.1, -0.05) is 12.1 Å². The van der Waals surface area contributed by atoms with Crippen LogP contribution in [-0.2, 0) is 6.54 Å². The molecule has 18 heavy (non-hydrogen) atoms. The van der Waals surface area contributed by atoms with Crippen LogP contribution in [0, 0.1) is 0 Å². The number of anilines is 1. The van der Waals surface area contributed by atoms with Gasteiger partial charge in [-0.15, -0.1) is 0 Å². The molecule has 1 saturated carbocycles. The quantitative estimate of drug-likeness (QED) is 0.854. The maximum absolute atomic E-state index is 5.81. The summed E-state index contributed by atoms with van der Waals surface area (Å²) in [5, 5.41) is 3.58. The predicted molar refractivity (Wildman–Crippen MR) is 75.6 cm³/mol. The molecule has 0 radical (unpaired) electrons. The number of nitrogens with two attached hydrogens (primary N) is 1. The summed E-state index contributed by atoms with van der Waals surface area (Å²) in [5.74, 6) is 0. The highest BCUT2D eigenvalue weighted by Crippen LogP contribution is 2.23. The van der Waals surface area contributed by atoms with E-state index in [2.05, 4.69) is 34.5 Å². The summed E-state index contributed by atoms with van der Waals surface area (Å²) >= 11 is 0. The number of nitrogens with zero attached hydrogens (tertiary/aromatic N) is 1. The first-order valence-electron chi connectivity index (χ1n) is 7.13. The third kappa shape index (κ3) is 2.85. The number of rotatable bonds is 4. The van der Waals surface area contributed by atoms with E-state index >= 15 is 0 Å². The van der Waals surface area contributed by atoms with Crippen LogP contribution in [0.25, 0.3) is 0 Å². The summed E-state index contributed by atoms with van der Waals surface area (Å²) in [6, 6.07) is 9.85. The van der Waals surface area contributed by atoms with Crippen LogP contribution in [0.1, 0.15) is 31.2 Å². The van der Waals surface area contributed by atoms with Crippen LogP contribution < -0.4 is 11.1 Å². The van der Waals surface area contributed by atoms with E-state index < -0.39 is 0 Å². The zero-order valence-corrected chi connectivity index (χ0v) is 10.9. The van der Waals surface area contributed by atoms with Crippen LogP contribution in [0.2, 0.25) is 0 Å². The molecule has 1 heterocycles. The van der Waals surface area contributed by atoms with E-state index in [-0.39, 0.29) is 0 Å². The lowest BCUT2D eigenvalue weighted by Gasteiger charge is -2.34. The lowest BCUT2D eigenvalue weighted by atomic mass is 9.87. The van der Waals surface area contributed by atoms with Crippen LogP contribution in [0.5, 0.6) is 0 Å². The Labute approximate surface area is 109 Å². The molecule has 3 heteroatoms. The molecule has 3 nitrogen and oxygen atoms in total. The smallest absolute Gasteiger partial charge is 0.0345 e. The molecule has 0 unspecified atom stereocenters. The number of hydrogen-bond donors (Lipinski definition) is 2. The van der Waals surface area contributed by atoms with Gasteiger partial charge in [0.2, 0.25) is 0 Å². The Balaban J connectivity index is 1.58. The molecule has 1 aliphatic carbocycles. The molecule has 0 amide bonds. The number of likely N-dealkylation sites (tertiary alicyclic amines) is 1. The monoisotopic (exact) mass is 245 g/mol. The first-order valence-corrected chi connectivity index (χ1v) is 7.13. The van der Waals surface area contributed by atoms with E-state index in [1.807, 2.05) is 0 Å². The van der Waals surface area contributed by atoms with Gasteiger partial charge in [0, 0.05) is 24.3 Å². The largest absolute Gasteiger partial charge is 0.382 e. The van der Waals surface area contributed by atoms with Crippen LogP contribution in [0.3, 0.4) is 0 Å². The second-order valence-electron chi connectivity index (χ2n) is 5.76. The zero-order chi connectivity index (χ0) is 12.4. The average molecular weight is 245 g/mol. The van der Waals surface area contributed by atoms with Crippen molar-refractivity contribution in [3.8, 4) is 0 Å². The Morgan fingerprint density at radius 1 is 1.22 bits per heavy atom. The van der Waals surface area contributed by atoms with E-state index in [0.717, 1.165) is 19.4 Å². The molecular weight excluding hydrogens is 222 g/mol. The number of nitrogens with one attached hydrogen (secondary N) is 1. The summed E-state index contributed by atoms with van der Waals surface area (Å²) in [4.78, 5) is 2.54. The predicted octanol–water partition coefficient (Wildman–Crippen LogP) is 2.18. The number of hydrogen-bond acceptors (Lipinski definition) is 3. The van der Waals surface area contributed by atoms with Gasteiger partial charge in [0.15, 0.2) is 0 Å². The fourth-order valence-corrected chi connectivity index (χ4v) is 2.97. The zero-order valence-electron chi connectivity index (χ0n) is 10.9. The molecule has 0 bridgehead atoms. The minimum Gasteiger partial charge on any atom is -0.382 e. The van der Waals surface area contributed by atoms with E-state index in [0.29, 0.717) is 12.1 Å². The Hall–Kier alpha value is -1.06. The topological polar surface area (TPSA) is 41.3 Å². The maximum atomic E-state index is 5.81. The molecule has 98 valence electrons. The fourth-order valence-electron chi connectivity index (χ4n) is 2.97. The van der Waals surface area contributed by atoms with Crippen LogP contribution in [0.4, 0.5) is 5.69 Å². The minimum absolute atomic E-state index is 0.412. The normalized spacial score (nSPS) is 28.1. The van der Waals surface area contributed by atoms with Crippen molar-refractivity contribution in [2.24, 2.45) is 5.73 Å². The van der Waals surface area contributed by atoms with Crippen LogP contribution >= 0.6 is 0 Å². The van der Waals surface area contributed by atoms with Crippen molar-refractivity contribution >= 4 is 5.69 Å². The van der Waals surface area contributed by atoms with Crippen molar-refractivity contribution in [1.82, 2.24) is 4.90 Å². The lowest BCUT2D eigenvalue weighted by molar-refractivity contribution is 0.331. The Morgan fingerprint density at radius 3 is 2.72 bits per heavy atom. The lowest BCUT2D eigenvalue weighted by Crippen LogP contribution is -2.44. The Kier molecular flexibility index (Phi) is 3.52. The van der Waals surface area contributed by atoms with Crippen molar-refractivity contribution < 1.29 is 0 Å². The highest BCUT2D eigenvalue weighted by molar-refractivity contribution is 5.47. The van der Waals surface area contributed by atoms with Gasteiger partial charge in [0.05, 0.1) is 0 Å². The minimum atomic E-state index is 0.412. The molecular formula is C15H23N3. The SMILES string of the molecule is NC1CC(Nc2cccc(CN3CCCC3)c2)C1. The highest BCUT2D eigenvalue weighted by Gasteiger charge is 2.25. The molecule has 1 aromatic rings. The first kappa shape index (κ1) is 12.0. The van der Waals surface area contributed by atoms with Gasteiger partial charge in [0.25, 0.3) is 0 Å². The fraction of sp³-hybridized carbons (Fsp3) is 0.600. The van der Waals surface area contributed by atoms with Gasteiger partial charge in [-0.3, -0.25) is 4.90 Å². The molecule has 0 spiro atoms. The number of benzene rings is 1. The summed E-state index contributed by atoms with van der Waals surface area (Å²) in [7, 11) is 0. The van der Waals surface area contributed by atoms with Gasteiger partial charge < -0.3 is 11.1 Å². The van der Waals surface area contributed by atoms with Gasteiger partial charge in [-0.2, -0.15) is 0 Å². The molecule has 0 aromatic heterocycles. The molecule has 1 aromatic carbocycles. The van der Waals surface area contributed by atoms with Crippen molar-refractivity contribution in [2.75, 3.05) is 18.4 Å². The maximum Gasteiger partial charge on any atom is 0.0345 e. The average Bonchev–Trinajstić information content (AvgIpc) is 2.80. The summed E-state index contributed by atoms with van der Waals surface area (Å²) in [6.45, 7) is 3.62. The third-order valence-electron chi connectivity index (χ3n) is 4.08. The molecule has 2 fully saturated rings. The molecule has 2 aliphatic rings. The van der Waals surface area contributed by atoms with Crippen molar-refractivity contribution in [3.63, 3.8) is 0 Å². The van der Waals surface area contributed by atoms with Gasteiger partial charge in [-0.05, 0) is 56.5 Å². The van der Waals surface area contributed by atoms with Gasteiger partial charge in [0.1, 0.15) is 0 Å². The third-order valence-corrected chi connectivity index (χ3v) is 4.08. The van der Waals surface area contributed by atoms with E-state index in [4.69, 9.17) is 5.73 Å². The van der Waals surface area contributed by atoms with Crippen LogP contribution in [0.15, 0.2) is 24.3 Å². The second-order valence-corrected chi connectivity index (χ2v) is 5.76. The van der Waals surface area contributed by atoms with Gasteiger partial charge in [-0.25, -0.2) is 0 Å². The van der Waals surface area contributed by atoms with E-state index in [9.17, 15) is 0 Å². The highest BCUT2D eigenvalue weighted by atomic mass is 15.1. The molecule has 1 aliphatic heterocycles. The Morgan fingerprint density at radius 2 is 2.00 bits per heavy atom. The standard InChI is InChI=1S/C15H23N3/c16-13-9-15(10-13)17-14-5-3-4-12(8-14)11-18-6-1-2-7-18/h3-5,8,13,15,17H,1-2,6-7,9-11,16H2. The molecule has 0 atom stereocenters. The molecule has 3 N–H and O–H groups in total. The second kappa shape index (κ2) is 5.29. The summed E-state index contributed by atoms with van der Waals surface area (Å²) in [5.41, 5.74) is 8.49. The van der Waals surface area contributed by atoms with Crippen LogP contribution in [-0.4, -0.2) is 30.1 Å². The summed E-state index contributed by atoms with van der Waals surface area (Å²) < 4.78 is 0. The van der Waals surface area contributed by atoms with E-state index in [1.54, 1.807) is 0 Å². The first-order chi connectivity index (χ1) is 8.79. The van der Waals surface area contributed by atoms with Crippen molar-refractivity contribution in [1.29, 1.82) is 0 Å². The summed E-state index contributed by atoms with van der Waals surface area (Å²) in [6.07, 6.45) is 4.93. The molecule has 3 rings (SSSR count).